The maximum atomic E-state index is 13.1. The van der Waals surface area contributed by atoms with E-state index >= 15 is 0 Å². The van der Waals surface area contributed by atoms with Crippen LogP contribution in [0.4, 0.5) is 11.4 Å². The van der Waals surface area contributed by atoms with Gasteiger partial charge in [-0.2, -0.15) is 0 Å². The Morgan fingerprint density at radius 1 is 1.13 bits per heavy atom. The average molecular weight is 404 g/mol. The number of nitrogens with one attached hydrogen (secondary N) is 2. The van der Waals surface area contributed by atoms with E-state index in [0.717, 1.165) is 55.0 Å². The molecule has 1 amide bonds. The molecular formula is C24H29N5O. The molecule has 1 saturated heterocycles. The number of carbonyl (C=O) groups excluding carboxylic acids is 1. The molecular weight excluding hydrogens is 374 g/mol. The van der Waals surface area contributed by atoms with Gasteiger partial charge in [0.05, 0.1) is 30.4 Å². The van der Waals surface area contributed by atoms with Crippen molar-refractivity contribution in [1.29, 1.82) is 0 Å². The summed E-state index contributed by atoms with van der Waals surface area (Å²) in [7, 11) is 0. The minimum Gasteiger partial charge on any atom is -0.370 e. The van der Waals surface area contributed by atoms with Crippen molar-refractivity contribution in [2.45, 2.75) is 56.5 Å². The van der Waals surface area contributed by atoms with Crippen molar-refractivity contribution in [3.05, 3.63) is 54.4 Å². The largest absolute Gasteiger partial charge is 0.370 e. The van der Waals surface area contributed by atoms with Crippen LogP contribution in [0, 0.1) is 0 Å². The Hall–Kier alpha value is -2.89. The van der Waals surface area contributed by atoms with E-state index in [1.807, 2.05) is 23.1 Å². The van der Waals surface area contributed by atoms with Crippen LogP contribution < -0.4 is 10.6 Å². The second-order valence-corrected chi connectivity index (χ2v) is 8.75. The quantitative estimate of drug-likeness (QED) is 0.816. The van der Waals surface area contributed by atoms with E-state index in [0.29, 0.717) is 19.0 Å². The van der Waals surface area contributed by atoms with Gasteiger partial charge >= 0.3 is 0 Å². The molecule has 2 N–H and O–H groups in total. The normalized spacial score (nSPS) is 25.1. The molecule has 6 heteroatoms. The summed E-state index contributed by atoms with van der Waals surface area (Å²) in [6.45, 7) is 1.43. The van der Waals surface area contributed by atoms with Crippen molar-refractivity contribution < 1.29 is 4.79 Å². The molecule has 156 valence electrons. The van der Waals surface area contributed by atoms with Crippen LogP contribution in [0.5, 0.6) is 0 Å². The number of nitrogens with zero attached hydrogens (tertiary/aromatic N) is 3. The lowest BCUT2D eigenvalue weighted by molar-refractivity contribution is -0.131. The molecule has 1 aromatic heterocycles. The number of carbonyl (C=O) groups is 1. The third-order valence-corrected chi connectivity index (χ3v) is 6.57. The molecule has 3 aliphatic rings. The topological polar surface area (TPSA) is 69.6 Å². The molecule has 30 heavy (non-hydrogen) atoms. The number of piperidine rings is 1. The van der Waals surface area contributed by atoms with Crippen LogP contribution >= 0.6 is 0 Å². The minimum absolute atomic E-state index is 0.156. The van der Waals surface area contributed by atoms with E-state index in [9.17, 15) is 4.79 Å². The fourth-order valence-corrected chi connectivity index (χ4v) is 4.99. The van der Waals surface area contributed by atoms with Crippen molar-refractivity contribution in [2.75, 3.05) is 23.7 Å². The van der Waals surface area contributed by atoms with Gasteiger partial charge in [-0.3, -0.25) is 14.8 Å². The van der Waals surface area contributed by atoms with Crippen LogP contribution in [0.1, 0.15) is 44.1 Å². The van der Waals surface area contributed by atoms with E-state index in [2.05, 4.69) is 33.8 Å². The molecule has 1 aromatic carbocycles. The fraction of sp³-hybridized carbons (Fsp3) is 0.458. The Bertz CT molecular complexity index is 938. The average Bonchev–Trinajstić information content (AvgIpc) is 3.28. The third-order valence-electron chi connectivity index (χ3n) is 6.57. The predicted octanol–water partition coefficient (Wildman–Crippen LogP) is 3.86. The maximum absolute atomic E-state index is 13.1. The molecule has 3 heterocycles. The van der Waals surface area contributed by atoms with Gasteiger partial charge in [-0.05, 0) is 49.4 Å². The smallest absolute Gasteiger partial charge is 0.227 e. The molecule has 2 fully saturated rings. The van der Waals surface area contributed by atoms with Gasteiger partial charge in [-0.15, -0.1) is 0 Å². The Morgan fingerprint density at radius 3 is 2.77 bits per heavy atom. The number of likely N-dealkylation sites (tertiary alicyclic amines) is 1. The molecule has 5 rings (SSSR count). The van der Waals surface area contributed by atoms with Crippen LogP contribution in [0.3, 0.4) is 0 Å². The molecule has 1 aliphatic carbocycles. The summed E-state index contributed by atoms with van der Waals surface area (Å²) in [5, 5.41) is 7.42. The zero-order valence-corrected chi connectivity index (χ0v) is 17.3. The van der Waals surface area contributed by atoms with Crippen LogP contribution in [-0.4, -0.2) is 46.3 Å². The molecule has 1 spiro atoms. The zero-order chi connectivity index (χ0) is 20.4. The van der Waals surface area contributed by atoms with Crippen molar-refractivity contribution in [2.24, 2.45) is 4.99 Å². The first-order chi connectivity index (χ1) is 14.7. The van der Waals surface area contributed by atoms with E-state index < -0.39 is 0 Å². The zero-order valence-electron chi connectivity index (χ0n) is 17.3. The molecule has 1 saturated carbocycles. The standard InChI is InChI=1S/C24H29N5O/c30-22(15-18-7-5-13-25-16-18)29-14-6-12-24(17-29)23(26-19-8-1-2-9-19)27-20-10-3-4-11-21(20)28-24/h3-5,7,10-11,13,16,19,28H,1-2,6,8-9,12,14-15,17H2,(H,26,27)/t24-/m1/s1. The SMILES string of the molecule is O=C(Cc1cccnc1)N1CCC[C@]2(C1)Nc1ccccc1NC2=NC1CCCC1. The lowest BCUT2D eigenvalue weighted by Gasteiger charge is -2.47. The molecule has 1 atom stereocenters. The Labute approximate surface area is 177 Å². The highest BCUT2D eigenvalue weighted by molar-refractivity contribution is 6.10. The fourth-order valence-electron chi connectivity index (χ4n) is 4.99. The van der Waals surface area contributed by atoms with Gasteiger partial charge in [0, 0.05) is 18.9 Å². The number of hydrogen-bond acceptors (Lipinski definition) is 4. The highest BCUT2D eigenvalue weighted by Crippen LogP contribution is 2.37. The number of para-hydroxylation sites is 2. The summed E-state index contributed by atoms with van der Waals surface area (Å²) in [6, 6.07) is 12.5. The maximum Gasteiger partial charge on any atom is 0.227 e. The van der Waals surface area contributed by atoms with Gasteiger partial charge in [0.1, 0.15) is 11.4 Å². The number of amides is 1. The first-order valence-corrected chi connectivity index (χ1v) is 11.1. The highest BCUT2D eigenvalue weighted by Gasteiger charge is 2.44. The van der Waals surface area contributed by atoms with Gasteiger partial charge in [0.15, 0.2) is 0 Å². The highest BCUT2D eigenvalue weighted by atomic mass is 16.2. The van der Waals surface area contributed by atoms with E-state index in [4.69, 9.17) is 4.99 Å². The molecule has 0 radical (unpaired) electrons. The molecule has 0 unspecified atom stereocenters. The first-order valence-electron chi connectivity index (χ1n) is 11.1. The summed E-state index contributed by atoms with van der Waals surface area (Å²) in [5.74, 6) is 1.16. The van der Waals surface area contributed by atoms with Gasteiger partial charge < -0.3 is 15.5 Å². The van der Waals surface area contributed by atoms with Gasteiger partial charge in [0.25, 0.3) is 0 Å². The lowest BCUT2D eigenvalue weighted by Crippen LogP contribution is -2.62. The Morgan fingerprint density at radius 2 is 1.97 bits per heavy atom. The van der Waals surface area contributed by atoms with Crippen molar-refractivity contribution in [1.82, 2.24) is 9.88 Å². The summed E-state index contributed by atoms with van der Waals surface area (Å²) >= 11 is 0. The second-order valence-electron chi connectivity index (χ2n) is 8.75. The van der Waals surface area contributed by atoms with E-state index in [1.54, 1.807) is 12.4 Å². The number of pyridine rings is 1. The monoisotopic (exact) mass is 403 g/mol. The van der Waals surface area contributed by atoms with E-state index in [-0.39, 0.29) is 11.4 Å². The Kier molecular flexibility index (Phi) is 5.15. The Balaban J connectivity index is 1.42. The van der Waals surface area contributed by atoms with Crippen LogP contribution in [-0.2, 0) is 11.2 Å². The molecule has 6 nitrogen and oxygen atoms in total. The van der Waals surface area contributed by atoms with Crippen molar-refractivity contribution in [3.63, 3.8) is 0 Å². The predicted molar refractivity (Wildman–Crippen MR) is 120 cm³/mol. The summed E-state index contributed by atoms with van der Waals surface area (Å²) in [4.78, 5) is 24.4. The number of aromatic nitrogens is 1. The van der Waals surface area contributed by atoms with Crippen molar-refractivity contribution in [3.8, 4) is 0 Å². The second kappa shape index (κ2) is 8.09. The third kappa shape index (κ3) is 3.78. The number of fused-ring (bicyclic) bond motifs is 1. The van der Waals surface area contributed by atoms with E-state index in [1.165, 1.54) is 12.8 Å². The van der Waals surface area contributed by atoms with Crippen molar-refractivity contribution >= 4 is 23.1 Å². The summed E-state index contributed by atoms with van der Waals surface area (Å²) < 4.78 is 0. The number of hydrogen-bond donors (Lipinski definition) is 2. The lowest BCUT2D eigenvalue weighted by atomic mass is 9.84. The molecule has 2 aromatic rings. The number of rotatable bonds is 3. The van der Waals surface area contributed by atoms with Gasteiger partial charge in [-0.25, -0.2) is 0 Å². The van der Waals surface area contributed by atoms with Crippen LogP contribution in [0.15, 0.2) is 53.8 Å². The number of anilines is 2. The van der Waals surface area contributed by atoms with Gasteiger partial charge in [-0.1, -0.05) is 31.0 Å². The first kappa shape index (κ1) is 19.1. The van der Waals surface area contributed by atoms with Crippen LogP contribution in [0.2, 0.25) is 0 Å². The number of amidine groups is 1. The minimum atomic E-state index is -0.347. The summed E-state index contributed by atoms with van der Waals surface area (Å²) in [5.41, 5.74) is 2.77. The summed E-state index contributed by atoms with van der Waals surface area (Å²) in [6.07, 6.45) is 10.7. The molecule has 2 aliphatic heterocycles. The number of benzene rings is 1. The molecule has 0 bridgehead atoms. The number of aliphatic imine (C=N–C) groups is 1. The van der Waals surface area contributed by atoms with Gasteiger partial charge in [0.2, 0.25) is 5.91 Å². The van der Waals surface area contributed by atoms with Crippen LogP contribution in [0.25, 0.3) is 0 Å².